The Kier molecular flexibility index (Phi) is 7.35. The fourth-order valence-corrected chi connectivity index (χ4v) is 3.75. The summed E-state index contributed by atoms with van der Waals surface area (Å²) in [5.74, 6) is -1.51. The van der Waals surface area contributed by atoms with Crippen LogP contribution in [0.25, 0.3) is 28.3 Å². The van der Waals surface area contributed by atoms with E-state index in [4.69, 9.17) is 4.74 Å². The van der Waals surface area contributed by atoms with Crippen LogP contribution in [-0.2, 0) is 6.42 Å². The van der Waals surface area contributed by atoms with Gasteiger partial charge in [-0.25, -0.2) is 8.78 Å². The zero-order valence-corrected chi connectivity index (χ0v) is 19.1. The Hall–Kier alpha value is -3.86. The van der Waals surface area contributed by atoms with Gasteiger partial charge in [-0.3, -0.25) is 0 Å². The lowest BCUT2D eigenvalue weighted by Gasteiger charge is -2.15. The highest BCUT2D eigenvalue weighted by atomic mass is 19.3. The maximum atomic E-state index is 14.5. The summed E-state index contributed by atoms with van der Waals surface area (Å²) in [5.41, 5.74) is 4.50. The Labute approximate surface area is 202 Å². The third-order valence-corrected chi connectivity index (χ3v) is 5.56. The first-order valence-corrected chi connectivity index (χ1v) is 11.3. The lowest BCUT2D eigenvalue weighted by Crippen LogP contribution is -2.21. The second kappa shape index (κ2) is 10.6. The van der Waals surface area contributed by atoms with Gasteiger partial charge in [0.25, 0.3) is 0 Å². The second-order valence-corrected chi connectivity index (χ2v) is 8.21. The molecule has 5 heteroatoms. The highest BCUT2D eigenvalue weighted by Gasteiger charge is 2.28. The van der Waals surface area contributed by atoms with Crippen molar-refractivity contribution in [1.29, 1.82) is 0 Å². The first-order chi connectivity index (χ1) is 16.8. The molecule has 0 aromatic heterocycles. The van der Waals surface area contributed by atoms with E-state index in [1.165, 1.54) is 48.0 Å². The van der Waals surface area contributed by atoms with Crippen LogP contribution in [0.4, 0.5) is 17.6 Å². The van der Waals surface area contributed by atoms with Crippen molar-refractivity contribution in [2.24, 2.45) is 0 Å². The molecule has 0 atom stereocenters. The number of hydrogen-bond acceptors (Lipinski definition) is 1. The number of alkyl halides is 2. The molecule has 4 aromatic carbocycles. The Morgan fingerprint density at radius 3 is 1.94 bits per heavy atom. The molecule has 0 unspecified atom stereocenters. The number of ether oxygens (including phenoxy) is 1. The van der Waals surface area contributed by atoms with Gasteiger partial charge in [-0.1, -0.05) is 74.0 Å². The minimum Gasteiger partial charge on any atom is -0.429 e. The van der Waals surface area contributed by atoms with Gasteiger partial charge in [0.2, 0.25) is 0 Å². The van der Waals surface area contributed by atoms with Gasteiger partial charge in [0, 0.05) is 17.7 Å². The molecule has 0 N–H and O–H groups in total. The third kappa shape index (κ3) is 6.38. The van der Waals surface area contributed by atoms with Crippen molar-refractivity contribution in [1.82, 2.24) is 0 Å². The maximum Gasteiger partial charge on any atom is 0.419 e. The fourth-order valence-electron chi connectivity index (χ4n) is 3.75. The first kappa shape index (κ1) is 24.3. The second-order valence-electron chi connectivity index (χ2n) is 8.21. The van der Waals surface area contributed by atoms with E-state index in [1.54, 1.807) is 12.1 Å². The topological polar surface area (TPSA) is 9.23 Å². The van der Waals surface area contributed by atoms with Crippen molar-refractivity contribution in [2.45, 2.75) is 25.9 Å². The molecular weight excluding hydrogens is 452 g/mol. The largest absolute Gasteiger partial charge is 0.429 e. The normalized spacial score (nSPS) is 11.7. The number of rotatable bonds is 8. The van der Waals surface area contributed by atoms with E-state index >= 15 is 0 Å². The quantitative estimate of drug-likeness (QED) is 0.231. The molecule has 0 fully saturated rings. The summed E-state index contributed by atoms with van der Waals surface area (Å²) in [6.07, 6.45) is 0.374. The van der Waals surface area contributed by atoms with E-state index in [0.29, 0.717) is 17.2 Å². The highest BCUT2D eigenvalue weighted by Crippen LogP contribution is 2.30. The van der Waals surface area contributed by atoms with Crippen molar-refractivity contribution in [3.63, 3.8) is 0 Å². The smallest absolute Gasteiger partial charge is 0.419 e. The summed E-state index contributed by atoms with van der Waals surface area (Å²) >= 11 is 0. The van der Waals surface area contributed by atoms with Crippen LogP contribution in [0.1, 0.15) is 24.5 Å². The Morgan fingerprint density at radius 1 is 0.743 bits per heavy atom. The highest BCUT2D eigenvalue weighted by molar-refractivity contribution is 5.66. The molecule has 0 aliphatic carbocycles. The molecule has 0 heterocycles. The molecule has 0 saturated heterocycles. The maximum absolute atomic E-state index is 14.5. The first-order valence-electron chi connectivity index (χ1n) is 11.3. The van der Waals surface area contributed by atoms with Crippen LogP contribution in [-0.4, -0.2) is 6.11 Å². The van der Waals surface area contributed by atoms with E-state index < -0.39 is 17.7 Å². The molecule has 35 heavy (non-hydrogen) atoms. The van der Waals surface area contributed by atoms with Crippen molar-refractivity contribution >= 4 is 6.08 Å². The minimum absolute atomic E-state index is 0.163. The summed E-state index contributed by atoms with van der Waals surface area (Å²) in [5, 5.41) is 0. The summed E-state index contributed by atoms with van der Waals surface area (Å²) < 4.78 is 61.0. The monoisotopic (exact) mass is 476 g/mol. The Balaban J connectivity index is 1.42. The zero-order chi connectivity index (χ0) is 24.8. The number of halogens is 4. The average molecular weight is 477 g/mol. The standard InChI is InChI=1S/C30H24F4O/c1-2-3-21-4-8-23(9-5-21)24-10-6-22(7-11-24)18-19-30(33,34)35-27-16-17-28(29(32)20-27)25-12-14-26(31)15-13-25/h4-20H,2-3H2,1H3/b19-18+. The molecule has 0 aliphatic heterocycles. The van der Waals surface area contributed by atoms with Crippen molar-refractivity contribution in [3.8, 4) is 28.0 Å². The predicted molar refractivity (Wildman–Crippen MR) is 132 cm³/mol. The number of benzene rings is 4. The fraction of sp³-hybridized carbons (Fsp3) is 0.133. The molecule has 4 rings (SSSR count). The van der Waals surface area contributed by atoms with Crippen LogP contribution >= 0.6 is 0 Å². The van der Waals surface area contributed by atoms with E-state index in [9.17, 15) is 17.6 Å². The van der Waals surface area contributed by atoms with Crippen LogP contribution in [0.15, 0.2) is 97.1 Å². The molecule has 0 amide bonds. The van der Waals surface area contributed by atoms with Gasteiger partial charge in [-0.15, -0.1) is 0 Å². The van der Waals surface area contributed by atoms with Gasteiger partial charge in [0.15, 0.2) is 0 Å². The van der Waals surface area contributed by atoms with E-state index in [0.717, 1.165) is 30.0 Å². The lowest BCUT2D eigenvalue weighted by molar-refractivity contribution is -0.131. The lowest BCUT2D eigenvalue weighted by atomic mass is 10.0. The van der Waals surface area contributed by atoms with E-state index in [2.05, 4.69) is 31.2 Å². The summed E-state index contributed by atoms with van der Waals surface area (Å²) in [4.78, 5) is 0. The Bertz CT molecular complexity index is 1290. The molecule has 0 bridgehead atoms. The predicted octanol–water partition coefficient (Wildman–Crippen LogP) is 8.94. The van der Waals surface area contributed by atoms with Crippen LogP contribution in [0.5, 0.6) is 5.75 Å². The van der Waals surface area contributed by atoms with E-state index in [1.807, 2.05) is 12.1 Å². The van der Waals surface area contributed by atoms with Gasteiger partial charge in [0.1, 0.15) is 17.4 Å². The molecule has 0 saturated carbocycles. The van der Waals surface area contributed by atoms with Crippen molar-refractivity contribution in [2.75, 3.05) is 0 Å². The summed E-state index contributed by atoms with van der Waals surface area (Å²) in [7, 11) is 0. The van der Waals surface area contributed by atoms with Crippen LogP contribution in [0.2, 0.25) is 0 Å². The van der Waals surface area contributed by atoms with Crippen molar-refractivity contribution < 1.29 is 22.3 Å². The number of aryl methyl sites for hydroxylation is 1. The third-order valence-electron chi connectivity index (χ3n) is 5.56. The van der Waals surface area contributed by atoms with Gasteiger partial charge < -0.3 is 4.74 Å². The van der Waals surface area contributed by atoms with Gasteiger partial charge >= 0.3 is 6.11 Å². The average Bonchev–Trinajstić information content (AvgIpc) is 2.85. The Morgan fingerprint density at radius 2 is 1.34 bits per heavy atom. The SMILES string of the molecule is CCCc1ccc(-c2ccc(/C=C/C(F)(F)Oc3ccc(-c4ccc(F)cc4)c(F)c3)cc2)cc1. The summed E-state index contributed by atoms with van der Waals surface area (Å²) in [6, 6.07) is 24.2. The molecule has 4 aromatic rings. The van der Waals surface area contributed by atoms with Gasteiger partial charge in [-0.05, 0) is 64.6 Å². The van der Waals surface area contributed by atoms with Crippen LogP contribution < -0.4 is 4.74 Å². The molecule has 0 aliphatic rings. The van der Waals surface area contributed by atoms with Gasteiger partial charge in [0.05, 0.1) is 0 Å². The molecule has 0 spiro atoms. The van der Waals surface area contributed by atoms with Crippen LogP contribution in [0.3, 0.4) is 0 Å². The minimum atomic E-state index is -3.64. The molecule has 1 nitrogen and oxygen atoms in total. The zero-order valence-electron chi connectivity index (χ0n) is 19.1. The van der Waals surface area contributed by atoms with E-state index in [-0.39, 0.29) is 11.3 Å². The molecule has 178 valence electrons. The summed E-state index contributed by atoms with van der Waals surface area (Å²) in [6.45, 7) is 2.14. The molecule has 0 radical (unpaired) electrons. The molecular formula is C30H24F4O. The number of hydrogen-bond donors (Lipinski definition) is 0. The van der Waals surface area contributed by atoms with Gasteiger partial charge in [-0.2, -0.15) is 8.78 Å². The van der Waals surface area contributed by atoms with Crippen LogP contribution in [0, 0.1) is 11.6 Å². The van der Waals surface area contributed by atoms with Crippen molar-refractivity contribution in [3.05, 3.63) is 120 Å².